The van der Waals surface area contributed by atoms with Crippen molar-refractivity contribution in [3.63, 3.8) is 0 Å². The Labute approximate surface area is 639 Å². The Balaban J connectivity index is 7.16. The average molecular weight is 1440 g/mol. The maximum atomic E-state index is 15.5. The number of hydrogen-bond donors (Lipinski definition) is 4. The number of carboxylic acids is 1. The van der Waals surface area contributed by atoms with E-state index in [1.54, 1.807) is 0 Å². The molecular formula is C92H187N6O4+3. The Morgan fingerprint density at radius 1 is 0.294 bits per heavy atom. The van der Waals surface area contributed by atoms with Crippen LogP contribution in [0, 0.1) is 35.5 Å². The molecule has 10 nitrogen and oxygen atoms in total. The third kappa shape index (κ3) is 62.8. The summed E-state index contributed by atoms with van der Waals surface area (Å²) in [6.45, 7) is 29.3. The third-order valence-electron chi connectivity index (χ3n) is 24.0. The highest BCUT2D eigenvalue weighted by Gasteiger charge is 2.34. The molecule has 4 N–H and O–H groups in total. The minimum Gasteiger partial charge on any atom is -0.481 e. The van der Waals surface area contributed by atoms with Crippen LogP contribution in [0.3, 0.4) is 0 Å². The van der Waals surface area contributed by atoms with Gasteiger partial charge < -0.3 is 34.5 Å². The van der Waals surface area contributed by atoms with Crippen LogP contribution in [0.4, 0.5) is 0 Å². The molecule has 0 radical (unpaired) electrons. The first-order valence-electron chi connectivity index (χ1n) is 45.8. The highest BCUT2D eigenvalue weighted by molar-refractivity contribution is 5.79. The fourth-order valence-electron chi connectivity index (χ4n) is 16.3. The molecule has 0 aromatic carbocycles. The van der Waals surface area contributed by atoms with E-state index in [9.17, 15) is 9.90 Å². The van der Waals surface area contributed by atoms with E-state index >= 15 is 9.59 Å². The molecule has 0 aromatic rings. The minimum absolute atomic E-state index is 0.0578. The van der Waals surface area contributed by atoms with Gasteiger partial charge in [0.15, 0.2) is 0 Å². The minimum atomic E-state index is -0.754. The van der Waals surface area contributed by atoms with Crippen LogP contribution >= 0.6 is 0 Å². The summed E-state index contributed by atoms with van der Waals surface area (Å²) in [7, 11) is 13.7. The van der Waals surface area contributed by atoms with Gasteiger partial charge in [-0.1, -0.05) is 344 Å². The largest absolute Gasteiger partial charge is 0.481 e. The van der Waals surface area contributed by atoms with Gasteiger partial charge in [0.05, 0.1) is 88.0 Å². The van der Waals surface area contributed by atoms with E-state index < -0.39 is 5.97 Å². The molecule has 0 bridgehead atoms. The van der Waals surface area contributed by atoms with Crippen molar-refractivity contribution in [2.45, 2.75) is 427 Å². The van der Waals surface area contributed by atoms with Crippen LogP contribution in [0.5, 0.6) is 0 Å². The van der Waals surface area contributed by atoms with E-state index in [0.29, 0.717) is 29.4 Å². The number of hydrogen-bond acceptors (Lipinski definition) is 4. The molecule has 0 aliphatic carbocycles. The lowest BCUT2D eigenvalue weighted by Crippen LogP contribution is -2.44. The van der Waals surface area contributed by atoms with E-state index in [1.165, 1.54) is 302 Å². The van der Waals surface area contributed by atoms with E-state index in [4.69, 9.17) is 0 Å². The lowest BCUT2D eigenvalue weighted by Gasteiger charge is -2.33. The molecule has 0 heterocycles. The Kier molecular flexibility index (Phi) is 67.8. The maximum Gasteiger partial charge on any atom is 0.309 e. The molecule has 0 aromatic heterocycles. The molecule has 10 heteroatoms. The van der Waals surface area contributed by atoms with Crippen LogP contribution in [-0.4, -0.2) is 138 Å². The summed E-state index contributed by atoms with van der Waals surface area (Å²) < 4.78 is 2.68. The van der Waals surface area contributed by atoms with E-state index in [1.807, 2.05) is 0 Å². The number of carboxylic acid groups (broad SMARTS) is 1. The summed E-state index contributed by atoms with van der Waals surface area (Å²) in [5.41, 5.74) is 1.14. The highest BCUT2D eigenvalue weighted by Crippen LogP contribution is 2.37. The monoisotopic (exact) mass is 1440 g/mol. The first-order chi connectivity index (χ1) is 49.2. The Morgan fingerprint density at radius 2 is 0.549 bits per heavy atom. The molecule has 0 spiro atoms. The highest BCUT2D eigenvalue weighted by atomic mass is 16.4. The predicted molar refractivity (Wildman–Crippen MR) is 449 cm³/mol. The van der Waals surface area contributed by atoms with E-state index in [2.05, 4.69) is 113 Å². The first-order valence-corrected chi connectivity index (χ1v) is 45.8. The normalized spacial score (nSPS) is 14.0. The molecule has 0 saturated carbocycles. The zero-order valence-electron chi connectivity index (χ0n) is 71.8. The zero-order chi connectivity index (χ0) is 75.5. The average Bonchev–Trinajstić information content (AvgIpc) is 0.859. The molecule has 6 atom stereocenters. The molecule has 0 fully saturated rings. The maximum absolute atomic E-state index is 15.5. The summed E-state index contributed by atoms with van der Waals surface area (Å²) in [6, 6.07) is 0. The van der Waals surface area contributed by atoms with Crippen molar-refractivity contribution in [3.05, 3.63) is 12.3 Å². The molecule has 0 saturated heterocycles. The number of unbranched alkanes of at least 4 members (excludes halogenated alkanes) is 41. The fourth-order valence-corrected chi connectivity index (χ4v) is 16.3. The zero-order valence-corrected chi connectivity index (χ0v) is 71.8. The number of amides is 2. The van der Waals surface area contributed by atoms with Crippen molar-refractivity contribution in [2.24, 2.45) is 35.5 Å². The standard InChI is InChI=1S/C92H184N6O4/c1-15-20-25-28-31-34-37-40-43-46-49-52-55-58-64-83(6)67-71-88(91(101)94-75-62-80-97(11,12)78-24-19-5)87(66-60-57-54-51-48-45-42-39-36-33-30-27-22-17-3)70-72-89(92(102)95-76-63-81-98(13,14)82-73-90(99)100)86(65-59-56-53-50-47-44-41-38-35-32-29-26-21-16-2)69-68-84(7)85(8)93-74-61-79-96(9,10)77-23-18-4/h83-84,86-89,93H,8,15-82H2,1-7,9-14H3/p+3. The van der Waals surface area contributed by atoms with Crippen molar-refractivity contribution in [1.82, 2.24) is 16.0 Å². The lowest BCUT2D eigenvalue weighted by molar-refractivity contribution is -0.890. The van der Waals surface area contributed by atoms with Gasteiger partial charge in [-0.2, -0.15) is 0 Å². The molecule has 0 rings (SSSR count). The van der Waals surface area contributed by atoms with Gasteiger partial charge in [0.25, 0.3) is 0 Å². The molecule has 2 amide bonds. The molecule has 0 aliphatic rings. The number of allylic oxidation sites excluding steroid dienone is 1. The van der Waals surface area contributed by atoms with Crippen LogP contribution in [0.2, 0.25) is 0 Å². The SMILES string of the molecule is C=C(NCCC[N+](C)(C)CCCC)C(C)CCC(CCCCCCCCCCCCCCCC)C(CCC(CCCCCCCCCCCCCCCC)C(CCC(C)CCCCCCCCCCCCCCCC)C(=O)NCCC[N+](C)(C)CCCC)C(=O)NCCC[N+](C)(C)CCC(=O)O. The van der Waals surface area contributed by atoms with Crippen molar-refractivity contribution < 1.29 is 32.9 Å². The van der Waals surface area contributed by atoms with Gasteiger partial charge in [-0.05, 0) is 87.9 Å². The molecule has 6 unspecified atom stereocenters. The topological polar surface area (TPSA) is 108 Å². The van der Waals surface area contributed by atoms with Gasteiger partial charge in [0, 0.05) is 56.4 Å². The van der Waals surface area contributed by atoms with Crippen molar-refractivity contribution >= 4 is 17.8 Å². The summed E-state index contributed by atoms with van der Waals surface area (Å²) in [4.78, 5) is 42.5. The third-order valence-corrected chi connectivity index (χ3v) is 24.0. The summed E-state index contributed by atoms with van der Waals surface area (Å²) in [6.07, 6.45) is 73.9. The smallest absolute Gasteiger partial charge is 0.309 e. The van der Waals surface area contributed by atoms with Gasteiger partial charge >= 0.3 is 5.97 Å². The van der Waals surface area contributed by atoms with Gasteiger partial charge in [-0.25, -0.2) is 0 Å². The summed E-state index contributed by atoms with van der Waals surface area (Å²) >= 11 is 0. The summed E-state index contributed by atoms with van der Waals surface area (Å²) in [5, 5.41) is 20.6. The van der Waals surface area contributed by atoms with Gasteiger partial charge in [-0.15, -0.1) is 0 Å². The Bertz CT molecular complexity index is 1870. The van der Waals surface area contributed by atoms with Crippen LogP contribution < -0.4 is 16.0 Å². The second-order valence-corrected chi connectivity index (χ2v) is 35.7. The van der Waals surface area contributed by atoms with E-state index in [-0.39, 0.29) is 41.9 Å². The lowest BCUT2D eigenvalue weighted by atomic mass is 9.74. The van der Waals surface area contributed by atoms with E-state index in [0.717, 1.165) is 131 Å². The van der Waals surface area contributed by atoms with Crippen molar-refractivity contribution in [1.29, 1.82) is 0 Å². The van der Waals surface area contributed by atoms with Gasteiger partial charge in [0.2, 0.25) is 11.8 Å². The number of carbonyl (C=O) groups excluding carboxylic acids is 2. The Morgan fingerprint density at radius 3 is 0.863 bits per heavy atom. The first kappa shape index (κ1) is 99.8. The van der Waals surface area contributed by atoms with Crippen molar-refractivity contribution in [2.75, 3.05) is 101 Å². The second kappa shape index (κ2) is 69.3. The fraction of sp³-hybridized carbons (Fsp3) is 0.946. The number of nitrogens with one attached hydrogen (secondary N) is 3. The number of nitrogens with zero attached hydrogens (tertiary/aromatic N) is 3. The van der Waals surface area contributed by atoms with Crippen molar-refractivity contribution in [3.8, 4) is 0 Å². The Hall–Kier alpha value is -2.17. The molecule has 606 valence electrons. The predicted octanol–water partition coefficient (Wildman–Crippen LogP) is 25.5. The van der Waals surface area contributed by atoms with Crippen LogP contribution in [0.1, 0.15) is 427 Å². The summed E-state index contributed by atoms with van der Waals surface area (Å²) in [5.74, 6) is 0.882. The van der Waals surface area contributed by atoms with Gasteiger partial charge in [0.1, 0.15) is 0 Å². The number of aliphatic carboxylic acids is 1. The van der Waals surface area contributed by atoms with Crippen LogP contribution in [-0.2, 0) is 14.4 Å². The number of carbonyl (C=O) groups is 3. The second-order valence-electron chi connectivity index (χ2n) is 35.7. The molecular weight excluding hydrogens is 1250 g/mol. The molecule has 0 aliphatic heterocycles. The molecule has 102 heavy (non-hydrogen) atoms. The van der Waals surface area contributed by atoms with Crippen LogP contribution in [0.25, 0.3) is 0 Å². The number of quaternary nitrogens is 3. The van der Waals surface area contributed by atoms with Gasteiger partial charge in [-0.3, -0.25) is 14.4 Å². The van der Waals surface area contributed by atoms with Crippen LogP contribution in [0.15, 0.2) is 12.3 Å². The quantitative estimate of drug-likeness (QED) is 0.0358. The number of rotatable bonds is 81.